The van der Waals surface area contributed by atoms with Gasteiger partial charge in [-0.2, -0.15) is 0 Å². The topological polar surface area (TPSA) is 83.5 Å². The zero-order chi connectivity index (χ0) is 13.2. The largest absolute Gasteiger partial charge is 0.409 e. The molecule has 1 aliphatic rings. The van der Waals surface area contributed by atoms with Crippen LogP contribution < -0.4 is 11.1 Å². The first-order valence-electron chi connectivity index (χ1n) is 6.21. The summed E-state index contributed by atoms with van der Waals surface area (Å²) in [5.74, 6) is 0.804. The number of nitrogens with two attached hydrogens (primary N) is 1. The van der Waals surface area contributed by atoms with Gasteiger partial charge in [0.05, 0.1) is 0 Å². The van der Waals surface area contributed by atoms with Crippen LogP contribution in [0.4, 0.5) is 0 Å². The van der Waals surface area contributed by atoms with Crippen molar-refractivity contribution in [2.24, 2.45) is 16.8 Å². The lowest BCUT2D eigenvalue weighted by Gasteiger charge is -2.26. The third-order valence-corrected chi connectivity index (χ3v) is 3.57. The molecule has 1 aromatic rings. The number of nitrogens with one attached hydrogen (secondary N) is 1. The Hall–Kier alpha value is -1.62. The van der Waals surface area contributed by atoms with Gasteiger partial charge in [0.25, 0.3) is 0 Å². The third-order valence-electron chi connectivity index (χ3n) is 3.57. The van der Waals surface area contributed by atoms with Gasteiger partial charge in [-0.25, -0.2) is 0 Å². The number of rotatable bonds is 5. The molecule has 0 saturated heterocycles. The molecule has 1 fully saturated rings. The number of nitrogens with zero attached hydrogens (tertiary/aromatic N) is 2. The van der Waals surface area contributed by atoms with Crippen LogP contribution >= 0.6 is 0 Å². The molecule has 18 heavy (non-hydrogen) atoms. The Morgan fingerprint density at radius 3 is 2.94 bits per heavy atom. The van der Waals surface area contributed by atoms with E-state index in [4.69, 9.17) is 10.9 Å². The molecule has 1 aliphatic carbocycles. The first kappa shape index (κ1) is 12.8. The lowest BCUT2D eigenvalue weighted by atomic mass is 9.98. The van der Waals surface area contributed by atoms with Gasteiger partial charge >= 0.3 is 0 Å². The number of oxime groups is 1. The third kappa shape index (κ3) is 2.79. The smallest absolute Gasteiger partial charge is 0.189 e. The molecule has 0 unspecified atom stereocenters. The van der Waals surface area contributed by atoms with E-state index in [-0.39, 0.29) is 11.4 Å². The van der Waals surface area contributed by atoms with E-state index in [0.717, 1.165) is 11.5 Å². The summed E-state index contributed by atoms with van der Waals surface area (Å²) in [4.78, 5) is 4.15. The van der Waals surface area contributed by atoms with Gasteiger partial charge in [-0.3, -0.25) is 4.98 Å². The molecule has 0 aliphatic heterocycles. The maximum atomic E-state index is 8.74. The van der Waals surface area contributed by atoms with Gasteiger partial charge in [0.15, 0.2) is 5.84 Å². The second-order valence-corrected chi connectivity index (χ2v) is 5.35. The fraction of sp³-hybridized carbons (Fsp3) is 0.538. The summed E-state index contributed by atoms with van der Waals surface area (Å²) >= 11 is 0. The Morgan fingerprint density at radius 1 is 1.61 bits per heavy atom. The van der Waals surface area contributed by atoms with Gasteiger partial charge in [-0.15, -0.1) is 0 Å². The number of aromatic nitrogens is 1. The van der Waals surface area contributed by atoms with E-state index >= 15 is 0 Å². The van der Waals surface area contributed by atoms with Gasteiger partial charge in [0, 0.05) is 18.3 Å². The summed E-state index contributed by atoms with van der Waals surface area (Å²) in [6, 6.07) is 3.80. The highest BCUT2D eigenvalue weighted by molar-refractivity contribution is 5.96. The fourth-order valence-corrected chi connectivity index (χ4v) is 2.13. The van der Waals surface area contributed by atoms with Crippen LogP contribution in [0.25, 0.3) is 0 Å². The monoisotopic (exact) mass is 248 g/mol. The standard InChI is InChI=1S/C13H20N4O/c1-13(2,10-5-6-10)16-8-9-4-3-7-15-11(9)12(14)17-18/h3-4,7,10,16,18H,5-6,8H2,1-2H3,(H2,14,17). The lowest BCUT2D eigenvalue weighted by Crippen LogP contribution is -2.41. The molecule has 5 heteroatoms. The minimum atomic E-state index is 0.0524. The quantitative estimate of drug-likeness (QED) is 0.319. The molecule has 1 aromatic heterocycles. The van der Waals surface area contributed by atoms with Crippen LogP contribution in [0.3, 0.4) is 0 Å². The van der Waals surface area contributed by atoms with Crippen LogP contribution in [0.5, 0.6) is 0 Å². The van der Waals surface area contributed by atoms with E-state index < -0.39 is 0 Å². The highest BCUT2D eigenvalue weighted by Crippen LogP contribution is 2.39. The van der Waals surface area contributed by atoms with Crippen molar-refractivity contribution < 1.29 is 5.21 Å². The number of amidine groups is 1. The highest BCUT2D eigenvalue weighted by atomic mass is 16.4. The summed E-state index contributed by atoms with van der Waals surface area (Å²) < 4.78 is 0. The summed E-state index contributed by atoms with van der Waals surface area (Å²) in [7, 11) is 0. The van der Waals surface area contributed by atoms with E-state index in [0.29, 0.717) is 12.2 Å². The summed E-state index contributed by atoms with van der Waals surface area (Å²) in [6.45, 7) is 5.09. The van der Waals surface area contributed by atoms with E-state index in [1.54, 1.807) is 6.20 Å². The molecule has 0 radical (unpaired) electrons. The molecule has 1 saturated carbocycles. The summed E-state index contributed by atoms with van der Waals surface area (Å²) in [5, 5.41) is 15.3. The molecule has 2 rings (SSSR count). The first-order valence-corrected chi connectivity index (χ1v) is 6.21. The normalized spacial score (nSPS) is 16.9. The van der Waals surface area contributed by atoms with Crippen molar-refractivity contribution in [1.29, 1.82) is 0 Å². The first-order chi connectivity index (χ1) is 8.54. The second kappa shape index (κ2) is 4.94. The average molecular weight is 248 g/mol. The molecule has 0 bridgehead atoms. The molecule has 0 spiro atoms. The zero-order valence-electron chi connectivity index (χ0n) is 10.8. The van der Waals surface area contributed by atoms with Crippen molar-refractivity contribution in [2.45, 2.75) is 38.8 Å². The van der Waals surface area contributed by atoms with Crippen LogP contribution in [-0.2, 0) is 6.54 Å². The van der Waals surface area contributed by atoms with Gasteiger partial charge in [0.1, 0.15) is 5.69 Å². The van der Waals surface area contributed by atoms with Crippen molar-refractivity contribution in [1.82, 2.24) is 10.3 Å². The Labute approximate surface area is 107 Å². The van der Waals surface area contributed by atoms with Crippen molar-refractivity contribution in [3.8, 4) is 0 Å². The van der Waals surface area contributed by atoms with Crippen LogP contribution in [0.2, 0.25) is 0 Å². The van der Waals surface area contributed by atoms with Crippen molar-refractivity contribution >= 4 is 5.84 Å². The predicted octanol–water partition coefficient (Wildman–Crippen LogP) is 1.45. The molecule has 5 nitrogen and oxygen atoms in total. The van der Waals surface area contributed by atoms with E-state index in [1.807, 2.05) is 12.1 Å². The SMILES string of the molecule is CC(C)(NCc1cccnc1/C(N)=N/O)C1CC1. The van der Waals surface area contributed by atoms with Crippen molar-refractivity contribution in [3.63, 3.8) is 0 Å². The van der Waals surface area contributed by atoms with Crippen molar-refractivity contribution in [2.75, 3.05) is 0 Å². The fourth-order valence-electron chi connectivity index (χ4n) is 2.13. The Kier molecular flexibility index (Phi) is 3.52. The maximum Gasteiger partial charge on any atom is 0.189 e. The molecule has 1 heterocycles. The Balaban J connectivity index is 2.09. The predicted molar refractivity (Wildman–Crippen MR) is 70.4 cm³/mol. The number of hydrogen-bond donors (Lipinski definition) is 3. The molecule has 0 amide bonds. The summed E-state index contributed by atoms with van der Waals surface area (Å²) in [6.07, 6.45) is 4.23. The van der Waals surface area contributed by atoms with Crippen LogP contribution in [-0.4, -0.2) is 21.6 Å². The Morgan fingerprint density at radius 2 is 2.33 bits per heavy atom. The second-order valence-electron chi connectivity index (χ2n) is 5.35. The average Bonchev–Trinajstić information content (AvgIpc) is 3.20. The number of pyridine rings is 1. The molecule has 0 atom stereocenters. The van der Waals surface area contributed by atoms with Crippen LogP contribution in [0.1, 0.15) is 37.9 Å². The van der Waals surface area contributed by atoms with Crippen molar-refractivity contribution in [3.05, 3.63) is 29.6 Å². The van der Waals surface area contributed by atoms with Gasteiger partial charge < -0.3 is 16.3 Å². The van der Waals surface area contributed by atoms with Gasteiger partial charge in [0.2, 0.25) is 0 Å². The van der Waals surface area contributed by atoms with Gasteiger partial charge in [-0.1, -0.05) is 11.2 Å². The maximum absolute atomic E-state index is 8.74. The molecule has 4 N–H and O–H groups in total. The van der Waals surface area contributed by atoms with E-state index in [1.165, 1.54) is 12.8 Å². The zero-order valence-corrected chi connectivity index (χ0v) is 10.8. The molecule has 0 aromatic carbocycles. The lowest BCUT2D eigenvalue weighted by molar-refractivity contribution is 0.318. The number of hydrogen-bond acceptors (Lipinski definition) is 4. The highest BCUT2D eigenvalue weighted by Gasteiger charge is 2.37. The van der Waals surface area contributed by atoms with E-state index in [9.17, 15) is 0 Å². The van der Waals surface area contributed by atoms with Crippen LogP contribution in [0.15, 0.2) is 23.5 Å². The van der Waals surface area contributed by atoms with Crippen LogP contribution in [0, 0.1) is 5.92 Å². The molecule has 98 valence electrons. The molecular weight excluding hydrogens is 228 g/mol. The van der Waals surface area contributed by atoms with Gasteiger partial charge in [-0.05, 0) is 44.2 Å². The minimum absolute atomic E-state index is 0.0524. The summed E-state index contributed by atoms with van der Waals surface area (Å²) in [5.41, 5.74) is 7.23. The minimum Gasteiger partial charge on any atom is -0.409 e. The molecular formula is C13H20N4O. The Bertz CT molecular complexity index is 452. The van der Waals surface area contributed by atoms with E-state index in [2.05, 4.69) is 29.3 Å².